The van der Waals surface area contributed by atoms with Crippen LogP contribution in [-0.2, 0) is 13.0 Å². The van der Waals surface area contributed by atoms with Gasteiger partial charge < -0.3 is 14.8 Å². The summed E-state index contributed by atoms with van der Waals surface area (Å²) in [5.41, 5.74) is 2.33. The van der Waals surface area contributed by atoms with E-state index in [1.54, 1.807) is 7.11 Å². The summed E-state index contributed by atoms with van der Waals surface area (Å²) in [6.45, 7) is 5.55. The SMILES string of the molecule is COc1cc(CNCCc2ccccc2)c(Cl)cc1OC(C)C. The van der Waals surface area contributed by atoms with E-state index in [0.717, 1.165) is 18.5 Å². The number of hydrogen-bond donors (Lipinski definition) is 1. The number of ether oxygens (including phenoxy) is 2. The zero-order valence-corrected chi connectivity index (χ0v) is 14.7. The van der Waals surface area contributed by atoms with E-state index in [4.69, 9.17) is 21.1 Å². The molecule has 4 heteroatoms. The highest BCUT2D eigenvalue weighted by atomic mass is 35.5. The molecule has 3 nitrogen and oxygen atoms in total. The minimum atomic E-state index is 0.0785. The molecule has 0 aromatic heterocycles. The fourth-order valence-corrected chi connectivity index (χ4v) is 2.54. The Hall–Kier alpha value is -1.71. The van der Waals surface area contributed by atoms with Gasteiger partial charge in [-0.1, -0.05) is 41.9 Å². The molecular weight excluding hydrogens is 310 g/mol. The fraction of sp³-hybridized carbons (Fsp3) is 0.368. The Morgan fingerprint density at radius 3 is 2.48 bits per heavy atom. The first-order chi connectivity index (χ1) is 11.1. The van der Waals surface area contributed by atoms with E-state index >= 15 is 0 Å². The van der Waals surface area contributed by atoms with Crippen molar-refractivity contribution in [3.05, 3.63) is 58.6 Å². The lowest BCUT2D eigenvalue weighted by Crippen LogP contribution is -2.17. The highest BCUT2D eigenvalue weighted by Crippen LogP contribution is 2.34. The van der Waals surface area contributed by atoms with Gasteiger partial charge in [0, 0.05) is 17.6 Å². The summed E-state index contributed by atoms with van der Waals surface area (Å²) in [7, 11) is 1.64. The Labute approximate surface area is 143 Å². The van der Waals surface area contributed by atoms with Crippen molar-refractivity contribution in [1.29, 1.82) is 0 Å². The van der Waals surface area contributed by atoms with Gasteiger partial charge in [0.15, 0.2) is 11.5 Å². The molecule has 0 aliphatic carbocycles. The monoisotopic (exact) mass is 333 g/mol. The minimum Gasteiger partial charge on any atom is -0.493 e. The number of hydrogen-bond acceptors (Lipinski definition) is 3. The van der Waals surface area contributed by atoms with Gasteiger partial charge in [-0.2, -0.15) is 0 Å². The average molecular weight is 334 g/mol. The van der Waals surface area contributed by atoms with Crippen LogP contribution in [0.4, 0.5) is 0 Å². The molecule has 0 amide bonds. The summed E-state index contributed by atoms with van der Waals surface area (Å²) < 4.78 is 11.1. The molecule has 0 saturated carbocycles. The third-order valence-electron chi connectivity index (χ3n) is 3.44. The Balaban J connectivity index is 1.94. The van der Waals surface area contributed by atoms with Crippen LogP contribution in [0.25, 0.3) is 0 Å². The van der Waals surface area contributed by atoms with E-state index in [0.29, 0.717) is 23.1 Å². The molecule has 0 fully saturated rings. The first-order valence-electron chi connectivity index (χ1n) is 7.88. The largest absolute Gasteiger partial charge is 0.493 e. The summed E-state index contributed by atoms with van der Waals surface area (Å²) >= 11 is 6.36. The van der Waals surface area contributed by atoms with Crippen LogP contribution in [0.15, 0.2) is 42.5 Å². The molecule has 23 heavy (non-hydrogen) atoms. The van der Waals surface area contributed by atoms with E-state index in [2.05, 4.69) is 29.6 Å². The van der Waals surface area contributed by atoms with E-state index in [1.165, 1.54) is 5.56 Å². The molecule has 0 aliphatic rings. The molecule has 2 aromatic carbocycles. The van der Waals surface area contributed by atoms with E-state index in [-0.39, 0.29) is 6.10 Å². The summed E-state index contributed by atoms with van der Waals surface area (Å²) in [6.07, 6.45) is 1.07. The Kier molecular flexibility index (Phi) is 6.75. The fourth-order valence-electron chi connectivity index (χ4n) is 2.32. The Morgan fingerprint density at radius 1 is 1.09 bits per heavy atom. The summed E-state index contributed by atoms with van der Waals surface area (Å²) in [5, 5.41) is 4.11. The molecule has 0 unspecified atom stereocenters. The predicted octanol–water partition coefficient (Wildman–Crippen LogP) is 4.47. The molecule has 2 aromatic rings. The standard InChI is InChI=1S/C19H24ClNO2/c1-14(2)23-19-12-17(20)16(11-18(19)22-3)13-21-10-9-15-7-5-4-6-8-15/h4-8,11-12,14,21H,9-10,13H2,1-3H3. The van der Waals surface area contributed by atoms with Crippen LogP contribution in [0.1, 0.15) is 25.0 Å². The molecule has 0 aliphatic heterocycles. The average Bonchev–Trinajstić information content (AvgIpc) is 2.53. The van der Waals surface area contributed by atoms with E-state index < -0.39 is 0 Å². The maximum Gasteiger partial charge on any atom is 0.163 e. The second-order valence-corrected chi connectivity index (χ2v) is 6.08. The van der Waals surface area contributed by atoms with Crippen LogP contribution in [0.2, 0.25) is 5.02 Å². The van der Waals surface area contributed by atoms with Crippen molar-refractivity contribution in [3.8, 4) is 11.5 Å². The van der Waals surface area contributed by atoms with Gasteiger partial charge in [-0.25, -0.2) is 0 Å². The highest BCUT2D eigenvalue weighted by Gasteiger charge is 2.11. The van der Waals surface area contributed by atoms with Gasteiger partial charge in [0.2, 0.25) is 0 Å². The first-order valence-corrected chi connectivity index (χ1v) is 8.25. The number of benzene rings is 2. The molecule has 0 bridgehead atoms. The Morgan fingerprint density at radius 2 is 1.83 bits per heavy atom. The van der Waals surface area contributed by atoms with E-state index in [9.17, 15) is 0 Å². The third-order valence-corrected chi connectivity index (χ3v) is 3.80. The van der Waals surface area contributed by atoms with Crippen molar-refractivity contribution in [3.63, 3.8) is 0 Å². The molecule has 0 spiro atoms. The molecule has 0 radical (unpaired) electrons. The lowest BCUT2D eigenvalue weighted by molar-refractivity contribution is 0.230. The van der Waals surface area contributed by atoms with Crippen molar-refractivity contribution in [2.45, 2.75) is 32.9 Å². The van der Waals surface area contributed by atoms with Crippen LogP contribution in [0, 0.1) is 0 Å². The van der Waals surface area contributed by atoms with Crippen molar-refractivity contribution in [2.75, 3.05) is 13.7 Å². The maximum atomic E-state index is 6.36. The number of methoxy groups -OCH3 is 1. The molecular formula is C19H24ClNO2. The van der Waals surface area contributed by atoms with Gasteiger partial charge in [-0.3, -0.25) is 0 Å². The maximum absolute atomic E-state index is 6.36. The van der Waals surface area contributed by atoms with Gasteiger partial charge in [-0.15, -0.1) is 0 Å². The zero-order valence-electron chi connectivity index (χ0n) is 13.9. The van der Waals surface area contributed by atoms with Gasteiger partial charge >= 0.3 is 0 Å². The summed E-state index contributed by atoms with van der Waals surface area (Å²) in [4.78, 5) is 0. The topological polar surface area (TPSA) is 30.5 Å². The summed E-state index contributed by atoms with van der Waals surface area (Å²) in [5.74, 6) is 1.39. The van der Waals surface area contributed by atoms with Crippen molar-refractivity contribution < 1.29 is 9.47 Å². The second kappa shape index (κ2) is 8.80. The predicted molar refractivity (Wildman–Crippen MR) is 95.6 cm³/mol. The number of nitrogens with one attached hydrogen (secondary N) is 1. The molecule has 1 N–H and O–H groups in total. The lowest BCUT2D eigenvalue weighted by Gasteiger charge is -2.16. The van der Waals surface area contributed by atoms with Crippen LogP contribution in [0.3, 0.4) is 0 Å². The van der Waals surface area contributed by atoms with E-state index in [1.807, 2.05) is 32.0 Å². The molecule has 124 valence electrons. The highest BCUT2D eigenvalue weighted by molar-refractivity contribution is 6.31. The minimum absolute atomic E-state index is 0.0785. The van der Waals surface area contributed by atoms with Gasteiger partial charge in [-0.05, 0) is 44.0 Å². The number of rotatable bonds is 8. The normalized spacial score (nSPS) is 10.8. The first kappa shape index (κ1) is 17.6. The van der Waals surface area contributed by atoms with Gasteiger partial charge in [0.25, 0.3) is 0 Å². The molecule has 0 atom stereocenters. The van der Waals surface area contributed by atoms with Crippen LogP contribution in [0.5, 0.6) is 11.5 Å². The molecule has 0 heterocycles. The van der Waals surface area contributed by atoms with Crippen LogP contribution < -0.4 is 14.8 Å². The molecule has 2 rings (SSSR count). The Bertz CT molecular complexity index is 614. The van der Waals surface area contributed by atoms with Crippen LogP contribution in [-0.4, -0.2) is 19.8 Å². The molecule has 0 saturated heterocycles. The second-order valence-electron chi connectivity index (χ2n) is 5.67. The smallest absolute Gasteiger partial charge is 0.163 e. The van der Waals surface area contributed by atoms with Gasteiger partial charge in [0.05, 0.1) is 13.2 Å². The van der Waals surface area contributed by atoms with Crippen molar-refractivity contribution >= 4 is 11.6 Å². The lowest BCUT2D eigenvalue weighted by atomic mass is 10.1. The number of halogens is 1. The zero-order chi connectivity index (χ0) is 16.7. The van der Waals surface area contributed by atoms with Crippen molar-refractivity contribution in [1.82, 2.24) is 5.32 Å². The van der Waals surface area contributed by atoms with Crippen LogP contribution >= 0.6 is 11.6 Å². The quantitative estimate of drug-likeness (QED) is 0.723. The van der Waals surface area contributed by atoms with Crippen molar-refractivity contribution in [2.24, 2.45) is 0 Å². The van der Waals surface area contributed by atoms with Gasteiger partial charge in [0.1, 0.15) is 0 Å². The summed E-state index contributed by atoms with van der Waals surface area (Å²) in [6, 6.07) is 14.2. The third kappa shape index (κ3) is 5.45.